The zero-order chi connectivity index (χ0) is 11.1. The predicted octanol–water partition coefficient (Wildman–Crippen LogP) is 1.30. The first-order valence-electron chi connectivity index (χ1n) is 4.44. The van der Waals surface area contributed by atoms with Crippen LogP contribution in [0.4, 0.5) is 0 Å². The SMILES string of the molecule is CCC(C)C(=CC(=O)OC)C(=O)OC. The maximum absolute atomic E-state index is 11.3. The average Bonchev–Trinajstić information content (AvgIpc) is 2.23. The highest BCUT2D eigenvalue weighted by molar-refractivity contribution is 5.96. The standard InChI is InChI=1S/C10H16O4/c1-5-7(2)8(10(12)14-4)6-9(11)13-3/h6-7H,5H2,1-4H3. The van der Waals surface area contributed by atoms with E-state index in [2.05, 4.69) is 9.47 Å². The lowest BCUT2D eigenvalue weighted by atomic mass is 9.98. The Morgan fingerprint density at radius 1 is 1.29 bits per heavy atom. The predicted molar refractivity (Wildman–Crippen MR) is 51.6 cm³/mol. The molecule has 0 rings (SSSR count). The van der Waals surface area contributed by atoms with Crippen molar-refractivity contribution in [1.82, 2.24) is 0 Å². The van der Waals surface area contributed by atoms with Crippen LogP contribution in [0.1, 0.15) is 20.3 Å². The second kappa shape index (κ2) is 6.18. The van der Waals surface area contributed by atoms with Gasteiger partial charge in [0.2, 0.25) is 0 Å². The molecule has 14 heavy (non-hydrogen) atoms. The molecule has 80 valence electrons. The fourth-order valence-electron chi connectivity index (χ4n) is 0.926. The molecular weight excluding hydrogens is 184 g/mol. The quantitative estimate of drug-likeness (QED) is 0.507. The van der Waals surface area contributed by atoms with Crippen molar-refractivity contribution in [3.63, 3.8) is 0 Å². The lowest BCUT2D eigenvalue weighted by molar-refractivity contribution is -0.139. The van der Waals surface area contributed by atoms with Crippen molar-refractivity contribution in [3.8, 4) is 0 Å². The zero-order valence-electron chi connectivity index (χ0n) is 8.99. The summed E-state index contributed by atoms with van der Waals surface area (Å²) < 4.78 is 9.01. The first-order valence-corrected chi connectivity index (χ1v) is 4.44. The van der Waals surface area contributed by atoms with E-state index >= 15 is 0 Å². The van der Waals surface area contributed by atoms with Gasteiger partial charge < -0.3 is 9.47 Å². The summed E-state index contributed by atoms with van der Waals surface area (Å²) >= 11 is 0. The maximum atomic E-state index is 11.3. The molecule has 0 aliphatic carbocycles. The number of esters is 2. The van der Waals surface area contributed by atoms with E-state index in [1.807, 2.05) is 13.8 Å². The Morgan fingerprint density at radius 2 is 1.86 bits per heavy atom. The lowest BCUT2D eigenvalue weighted by Gasteiger charge is -2.10. The Labute approximate surface area is 83.9 Å². The molecule has 0 heterocycles. The van der Waals surface area contributed by atoms with Crippen LogP contribution >= 0.6 is 0 Å². The van der Waals surface area contributed by atoms with Crippen molar-refractivity contribution in [2.45, 2.75) is 20.3 Å². The summed E-state index contributed by atoms with van der Waals surface area (Å²) in [6.07, 6.45) is 1.94. The van der Waals surface area contributed by atoms with Gasteiger partial charge in [-0.25, -0.2) is 9.59 Å². The molecule has 0 aliphatic rings. The molecular formula is C10H16O4. The van der Waals surface area contributed by atoms with Crippen molar-refractivity contribution in [2.24, 2.45) is 5.92 Å². The molecule has 0 amide bonds. The molecule has 0 aliphatic heterocycles. The Hall–Kier alpha value is -1.32. The smallest absolute Gasteiger partial charge is 0.334 e. The molecule has 0 saturated heterocycles. The fourth-order valence-corrected chi connectivity index (χ4v) is 0.926. The average molecular weight is 200 g/mol. The van der Waals surface area contributed by atoms with E-state index in [1.165, 1.54) is 20.3 Å². The number of methoxy groups -OCH3 is 2. The van der Waals surface area contributed by atoms with E-state index in [0.717, 1.165) is 6.42 Å². The first kappa shape index (κ1) is 12.7. The van der Waals surface area contributed by atoms with Crippen LogP contribution in [0.15, 0.2) is 11.6 Å². The summed E-state index contributed by atoms with van der Waals surface area (Å²) in [5.41, 5.74) is 0.349. The van der Waals surface area contributed by atoms with E-state index in [0.29, 0.717) is 5.57 Å². The molecule has 0 N–H and O–H groups in total. The van der Waals surface area contributed by atoms with Crippen molar-refractivity contribution < 1.29 is 19.1 Å². The number of rotatable bonds is 4. The molecule has 0 aromatic carbocycles. The highest BCUT2D eigenvalue weighted by Gasteiger charge is 2.17. The van der Waals surface area contributed by atoms with Gasteiger partial charge in [-0.15, -0.1) is 0 Å². The van der Waals surface area contributed by atoms with Gasteiger partial charge >= 0.3 is 11.9 Å². The van der Waals surface area contributed by atoms with E-state index < -0.39 is 11.9 Å². The minimum atomic E-state index is -0.536. The number of hydrogen-bond donors (Lipinski definition) is 0. The van der Waals surface area contributed by atoms with Crippen LogP contribution in [0.5, 0.6) is 0 Å². The van der Waals surface area contributed by atoms with Gasteiger partial charge in [-0.3, -0.25) is 0 Å². The van der Waals surface area contributed by atoms with Gasteiger partial charge in [0, 0.05) is 11.6 Å². The lowest BCUT2D eigenvalue weighted by Crippen LogP contribution is -2.14. The maximum Gasteiger partial charge on any atom is 0.334 e. The van der Waals surface area contributed by atoms with E-state index in [-0.39, 0.29) is 5.92 Å². The van der Waals surface area contributed by atoms with E-state index in [1.54, 1.807) is 0 Å². The Bertz CT molecular complexity index is 243. The number of hydrogen-bond acceptors (Lipinski definition) is 4. The van der Waals surface area contributed by atoms with Crippen LogP contribution in [0.3, 0.4) is 0 Å². The van der Waals surface area contributed by atoms with Gasteiger partial charge in [-0.05, 0) is 12.3 Å². The van der Waals surface area contributed by atoms with Gasteiger partial charge in [0.15, 0.2) is 0 Å². The Morgan fingerprint density at radius 3 is 2.21 bits per heavy atom. The van der Waals surface area contributed by atoms with Crippen LogP contribution in [0.25, 0.3) is 0 Å². The summed E-state index contributed by atoms with van der Waals surface area (Å²) in [6, 6.07) is 0. The van der Waals surface area contributed by atoms with Crippen molar-refractivity contribution in [3.05, 3.63) is 11.6 Å². The van der Waals surface area contributed by atoms with Crippen molar-refractivity contribution >= 4 is 11.9 Å². The molecule has 0 saturated carbocycles. The molecule has 1 unspecified atom stereocenters. The van der Waals surface area contributed by atoms with Crippen LogP contribution in [-0.4, -0.2) is 26.2 Å². The largest absolute Gasteiger partial charge is 0.466 e. The normalized spacial score (nSPS) is 13.3. The molecule has 4 nitrogen and oxygen atoms in total. The minimum Gasteiger partial charge on any atom is -0.466 e. The first-order chi connectivity index (χ1) is 6.56. The molecule has 0 aromatic heterocycles. The summed E-state index contributed by atoms with van der Waals surface area (Å²) in [6.45, 7) is 3.78. The molecule has 0 aromatic rings. The van der Waals surface area contributed by atoms with Crippen LogP contribution < -0.4 is 0 Å². The Balaban J connectivity index is 4.80. The van der Waals surface area contributed by atoms with Crippen LogP contribution in [0, 0.1) is 5.92 Å². The summed E-state index contributed by atoms with van der Waals surface area (Å²) in [4.78, 5) is 22.2. The monoisotopic (exact) mass is 200 g/mol. The van der Waals surface area contributed by atoms with Crippen molar-refractivity contribution in [1.29, 1.82) is 0 Å². The summed E-state index contributed by atoms with van der Waals surface area (Å²) in [7, 11) is 2.56. The van der Waals surface area contributed by atoms with Gasteiger partial charge in [0.25, 0.3) is 0 Å². The third-order valence-electron chi connectivity index (χ3n) is 2.04. The zero-order valence-corrected chi connectivity index (χ0v) is 8.99. The molecule has 0 radical (unpaired) electrons. The highest BCUT2D eigenvalue weighted by atomic mass is 16.5. The summed E-state index contributed by atoms with van der Waals surface area (Å²) in [5.74, 6) is -1.03. The van der Waals surface area contributed by atoms with E-state index in [4.69, 9.17) is 0 Å². The minimum absolute atomic E-state index is 0.0125. The third kappa shape index (κ3) is 3.60. The topological polar surface area (TPSA) is 52.6 Å². The molecule has 4 heteroatoms. The number of carbonyl (C=O) groups is 2. The van der Waals surface area contributed by atoms with Crippen LogP contribution in [-0.2, 0) is 19.1 Å². The van der Waals surface area contributed by atoms with Gasteiger partial charge in [0.1, 0.15) is 0 Å². The highest BCUT2D eigenvalue weighted by Crippen LogP contribution is 2.15. The van der Waals surface area contributed by atoms with Gasteiger partial charge in [-0.2, -0.15) is 0 Å². The Kier molecular flexibility index (Phi) is 5.60. The molecule has 1 atom stereocenters. The molecule has 0 fully saturated rings. The third-order valence-corrected chi connectivity index (χ3v) is 2.04. The van der Waals surface area contributed by atoms with E-state index in [9.17, 15) is 9.59 Å². The molecule has 0 bridgehead atoms. The summed E-state index contributed by atoms with van der Waals surface area (Å²) in [5, 5.41) is 0. The van der Waals surface area contributed by atoms with Gasteiger partial charge in [0.05, 0.1) is 14.2 Å². The molecule has 0 spiro atoms. The van der Waals surface area contributed by atoms with Crippen LogP contribution in [0.2, 0.25) is 0 Å². The second-order valence-corrected chi connectivity index (χ2v) is 2.92. The fraction of sp³-hybridized carbons (Fsp3) is 0.600. The van der Waals surface area contributed by atoms with Gasteiger partial charge in [-0.1, -0.05) is 13.8 Å². The number of ether oxygens (including phenoxy) is 2. The second-order valence-electron chi connectivity index (χ2n) is 2.92. The van der Waals surface area contributed by atoms with Crippen molar-refractivity contribution in [2.75, 3.05) is 14.2 Å². The number of carbonyl (C=O) groups excluding carboxylic acids is 2.